The minimum Gasteiger partial charge on any atom is -0.324 e. The van der Waals surface area contributed by atoms with Gasteiger partial charge in [0.2, 0.25) is 0 Å². The van der Waals surface area contributed by atoms with Gasteiger partial charge in [-0.15, -0.1) is 0 Å². The first-order chi connectivity index (χ1) is 8.70. The van der Waals surface area contributed by atoms with Gasteiger partial charge in [0.1, 0.15) is 0 Å². The van der Waals surface area contributed by atoms with E-state index in [0.29, 0.717) is 16.3 Å². The number of halogens is 1. The van der Waals surface area contributed by atoms with Gasteiger partial charge in [-0.3, -0.25) is 10.6 Å². The van der Waals surface area contributed by atoms with Crippen LogP contribution >= 0.6 is 11.6 Å². The zero-order chi connectivity index (χ0) is 13.0. The standard InChI is InChI=1S/C13H12ClN3O/c14-11-3-1-2-4-12(11)16-13(18)9-5-7-10(17-15)8-6-9/h1-8,17H,15H2,(H,16,18). The highest BCUT2D eigenvalue weighted by molar-refractivity contribution is 6.33. The zero-order valence-corrected chi connectivity index (χ0v) is 10.2. The quantitative estimate of drug-likeness (QED) is 0.588. The van der Waals surface area contributed by atoms with E-state index in [0.717, 1.165) is 5.69 Å². The Hall–Kier alpha value is -2.04. The molecule has 92 valence electrons. The van der Waals surface area contributed by atoms with Crippen LogP contribution in [0.3, 0.4) is 0 Å². The third-order valence-corrected chi connectivity index (χ3v) is 2.77. The van der Waals surface area contributed by atoms with E-state index in [2.05, 4.69) is 10.7 Å². The molecule has 0 aromatic heterocycles. The molecule has 0 spiro atoms. The van der Waals surface area contributed by atoms with Crippen LogP contribution in [0.4, 0.5) is 11.4 Å². The fraction of sp³-hybridized carbons (Fsp3) is 0. The van der Waals surface area contributed by atoms with Gasteiger partial charge in [0, 0.05) is 11.3 Å². The van der Waals surface area contributed by atoms with Crippen molar-refractivity contribution in [2.75, 3.05) is 10.7 Å². The molecule has 4 N–H and O–H groups in total. The molecule has 2 aromatic carbocycles. The van der Waals surface area contributed by atoms with Crippen LogP contribution in [-0.4, -0.2) is 5.91 Å². The number of hydrogen-bond donors (Lipinski definition) is 3. The molecular weight excluding hydrogens is 250 g/mol. The van der Waals surface area contributed by atoms with Crippen molar-refractivity contribution in [1.29, 1.82) is 0 Å². The Morgan fingerprint density at radius 2 is 1.72 bits per heavy atom. The SMILES string of the molecule is NNc1ccc(C(=O)Nc2ccccc2Cl)cc1. The van der Waals surface area contributed by atoms with Crippen LogP contribution in [-0.2, 0) is 0 Å². The molecule has 0 heterocycles. The van der Waals surface area contributed by atoms with E-state index in [1.54, 1.807) is 42.5 Å². The number of hydrazine groups is 1. The molecule has 0 fully saturated rings. The molecule has 2 aromatic rings. The van der Waals surface area contributed by atoms with E-state index in [1.165, 1.54) is 0 Å². The summed E-state index contributed by atoms with van der Waals surface area (Å²) in [5.41, 5.74) is 4.36. The van der Waals surface area contributed by atoms with E-state index in [1.807, 2.05) is 6.07 Å². The fourth-order valence-electron chi connectivity index (χ4n) is 1.47. The van der Waals surface area contributed by atoms with Crippen molar-refractivity contribution in [3.05, 3.63) is 59.1 Å². The molecule has 1 amide bonds. The maximum absolute atomic E-state index is 11.9. The van der Waals surface area contributed by atoms with Crippen LogP contribution in [0.25, 0.3) is 0 Å². The minimum absolute atomic E-state index is 0.216. The van der Waals surface area contributed by atoms with Crippen molar-refractivity contribution < 1.29 is 4.79 Å². The van der Waals surface area contributed by atoms with Crippen molar-refractivity contribution in [2.24, 2.45) is 5.84 Å². The summed E-state index contributed by atoms with van der Waals surface area (Å²) in [5, 5.41) is 3.25. The number of amides is 1. The van der Waals surface area contributed by atoms with E-state index >= 15 is 0 Å². The maximum atomic E-state index is 11.9. The number of rotatable bonds is 3. The van der Waals surface area contributed by atoms with Gasteiger partial charge in [0.05, 0.1) is 10.7 Å². The number of para-hydroxylation sites is 1. The van der Waals surface area contributed by atoms with Crippen molar-refractivity contribution in [3.8, 4) is 0 Å². The average Bonchev–Trinajstić information content (AvgIpc) is 2.41. The fourth-order valence-corrected chi connectivity index (χ4v) is 1.66. The monoisotopic (exact) mass is 261 g/mol. The molecular formula is C13H12ClN3O. The average molecular weight is 262 g/mol. The van der Waals surface area contributed by atoms with E-state index in [9.17, 15) is 4.79 Å². The molecule has 0 radical (unpaired) electrons. The van der Waals surface area contributed by atoms with E-state index in [-0.39, 0.29) is 5.91 Å². The molecule has 0 aliphatic heterocycles. The first-order valence-corrected chi connectivity index (χ1v) is 5.71. The molecule has 0 saturated carbocycles. The lowest BCUT2D eigenvalue weighted by molar-refractivity contribution is 0.102. The number of nitrogen functional groups attached to an aromatic ring is 1. The minimum atomic E-state index is -0.216. The molecule has 0 saturated heterocycles. The van der Waals surface area contributed by atoms with Gasteiger partial charge < -0.3 is 10.7 Å². The highest BCUT2D eigenvalue weighted by Gasteiger charge is 2.07. The normalized spacial score (nSPS) is 9.89. The molecule has 0 atom stereocenters. The summed E-state index contributed by atoms with van der Waals surface area (Å²) < 4.78 is 0. The Bertz CT molecular complexity index is 554. The van der Waals surface area contributed by atoms with Gasteiger partial charge in [-0.1, -0.05) is 23.7 Å². The van der Waals surface area contributed by atoms with Gasteiger partial charge in [-0.25, -0.2) is 0 Å². The summed E-state index contributed by atoms with van der Waals surface area (Å²) in [6.07, 6.45) is 0. The molecule has 4 nitrogen and oxygen atoms in total. The summed E-state index contributed by atoms with van der Waals surface area (Å²) >= 11 is 5.96. The van der Waals surface area contributed by atoms with E-state index in [4.69, 9.17) is 17.4 Å². The second kappa shape index (κ2) is 5.53. The largest absolute Gasteiger partial charge is 0.324 e. The third-order valence-electron chi connectivity index (χ3n) is 2.44. The Labute approximate surface area is 110 Å². The Balaban J connectivity index is 2.14. The number of nitrogens with two attached hydrogens (primary N) is 1. The Morgan fingerprint density at radius 3 is 2.33 bits per heavy atom. The lowest BCUT2D eigenvalue weighted by Gasteiger charge is -2.07. The Morgan fingerprint density at radius 1 is 1.06 bits per heavy atom. The second-order valence-corrected chi connectivity index (χ2v) is 4.06. The zero-order valence-electron chi connectivity index (χ0n) is 9.48. The van der Waals surface area contributed by atoms with Gasteiger partial charge >= 0.3 is 0 Å². The van der Waals surface area contributed by atoms with Gasteiger partial charge in [0.25, 0.3) is 5.91 Å². The van der Waals surface area contributed by atoms with Crippen LogP contribution in [0.1, 0.15) is 10.4 Å². The molecule has 2 rings (SSSR count). The summed E-state index contributed by atoms with van der Waals surface area (Å²) in [5.74, 6) is 5.04. The van der Waals surface area contributed by atoms with Crippen molar-refractivity contribution in [1.82, 2.24) is 0 Å². The van der Waals surface area contributed by atoms with Gasteiger partial charge in [0.15, 0.2) is 0 Å². The molecule has 0 bridgehead atoms. The summed E-state index contributed by atoms with van der Waals surface area (Å²) in [4.78, 5) is 11.9. The number of carbonyl (C=O) groups excluding carboxylic acids is 1. The molecule has 0 aliphatic carbocycles. The predicted molar refractivity (Wildman–Crippen MR) is 73.7 cm³/mol. The molecule has 5 heteroatoms. The lowest BCUT2D eigenvalue weighted by Crippen LogP contribution is -2.12. The van der Waals surface area contributed by atoms with Crippen LogP contribution < -0.4 is 16.6 Å². The maximum Gasteiger partial charge on any atom is 0.255 e. The van der Waals surface area contributed by atoms with Crippen molar-refractivity contribution >= 4 is 28.9 Å². The number of carbonyl (C=O) groups is 1. The van der Waals surface area contributed by atoms with Crippen LogP contribution in [0.2, 0.25) is 5.02 Å². The number of benzene rings is 2. The smallest absolute Gasteiger partial charge is 0.255 e. The summed E-state index contributed by atoms with van der Waals surface area (Å²) in [6, 6.07) is 13.9. The number of hydrogen-bond acceptors (Lipinski definition) is 3. The van der Waals surface area contributed by atoms with Crippen molar-refractivity contribution in [3.63, 3.8) is 0 Å². The number of anilines is 2. The molecule has 0 unspecified atom stereocenters. The van der Waals surface area contributed by atoms with Crippen LogP contribution in [0.5, 0.6) is 0 Å². The van der Waals surface area contributed by atoms with Gasteiger partial charge in [-0.2, -0.15) is 0 Å². The molecule has 18 heavy (non-hydrogen) atoms. The molecule has 0 aliphatic rings. The van der Waals surface area contributed by atoms with Crippen molar-refractivity contribution in [2.45, 2.75) is 0 Å². The summed E-state index contributed by atoms with van der Waals surface area (Å²) in [7, 11) is 0. The van der Waals surface area contributed by atoms with Gasteiger partial charge in [-0.05, 0) is 36.4 Å². The highest BCUT2D eigenvalue weighted by Crippen LogP contribution is 2.21. The summed E-state index contributed by atoms with van der Waals surface area (Å²) in [6.45, 7) is 0. The number of nitrogens with one attached hydrogen (secondary N) is 2. The predicted octanol–water partition coefficient (Wildman–Crippen LogP) is 2.88. The first kappa shape index (κ1) is 12.4. The van der Waals surface area contributed by atoms with E-state index < -0.39 is 0 Å². The van der Waals surface area contributed by atoms with Crippen LogP contribution in [0, 0.1) is 0 Å². The second-order valence-electron chi connectivity index (χ2n) is 3.66. The third kappa shape index (κ3) is 2.80. The lowest BCUT2D eigenvalue weighted by atomic mass is 10.2. The Kier molecular flexibility index (Phi) is 3.82. The first-order valence-electron chi connectivity index (χ1n) is 5.33. The topological polar surface area (TPSA) is 67.1 Å². The van der Waals surface area contributed by atoms with Crippen LogP contribution in [0.15, 0.2) is 48.5 Å². The highest BCUT2D eigenvalue weighted by atomic mass is 35.5.